The second-order valence-corrected chi connectivity index (χ2v) is 18.3. The van der Waals surface area contributed by atoms with Crippen molar-refractivity contribution in [2.45, 2.75) is 89.8 Å². The van der Waals surface area contributed by atoms with E-state index >= 15 is 0 Å². The summed E-state index contributed by atoms with van der Waals surface area (Å²) in [6.07, 6.45) is -8.06. The van der Waals surface area contributed by atoms with Crippen LogP contribution in [0.15, 0.2) is 71.8 Å². The Morgan fingerprint density at radius 3 is 2.14 bits per heavy atom. The normalized spacial score (nSPS) is 22.0. The lowest BCUT2D eigenvalue weighted by Crippen LogP contribution is -2.67. The van der Waals surface area contributed by atoms with Crippen LogP contribution in [0, 0.1) is 0 Å². The van der Waals surface area contributed by atoms with Crippen LogP contribution in [-0.4, -0.2) is 77.3 Å². The number of hydrogen-bond donors (Lipinski definition) is 0. The van der Waals surface area contributed by atoms with Gasteiger partial charge in [0.2, 0.25) is 5.82 Å². The summed E-state index contributed by atoms with van der Waals surface area (Å²) in [6, 6.07) is 19.9. The lowest BCUT2D eigenvalue weighted by atomic mass is 10.1. The number of halogens is 3. The maximum absolute atomic E-state index is 14.7. The van der Waals surface area contributed by atoms with Crippen LogP contribution in [0.3, 0.4) is 0 Å². The molecule has 0 unspecified atom stereocenters. The van der Waals surface area contributed by atoms with Crippen molar-refractivity contribution in [3.05, 3.63) is 83.2 Å². The van der Waals surface area contributed by atoms with Gasteiger partial charge in [0.05, 0.1) is 13.2 Å². The third kappa shape index (κ3) is 7.12. The van der Waals surface area contributed by atoms with E-state index in [1.165, 1.54) is 6.92 Å². The number of aromatic nitrogens is 4. The van der Waals surface area contributed by atoms with Crippen LogP contribution < -0.4 is 15.9 Å². The average molecular weight is 731 g/mol. The summed E-state index contributed by atoms with van der Waals surface area (Å²) in [5.74, 6) is -3.04. The summed E-state index contributed by atoms with van der Waals surface area (Å²) < 4.78 is 82.0. The second-order valence-electron chi connectivity index (χ2n) is 14.0. The topological polar surface area (TPSA) is 125 Å². The van der Waals surface area contributed by atoms with Crippen molar-refractivity contribution >= 4 is 35.8 Å². The fourth-order valence-corrected chi connectivity index (χ4v) is 11.5. The number of hydrogen-bond acceptors (Lipinski definition) is 10. The van der Waals surface area contributed by atoms with E-state index in [2.05, 4.69) is 30.7 Å². The maximum Gasteiger partial charge on any atom is 0.449 e. The molecule has 0 spiro atoms. The van der Waals surface area contributed by atoms with Gasteiger partial charge in [0.25, 0.3) is 13.9 Å². The Morgan fingerprint density at radius 1 is 0.961 bits per heavy atom. The van der Waals surface area contributed by atoms with Gasteiger partial charge >= 0.3 is 12.1 Å². The molecule has 4 aromatic rings. The average Bonchev–Trinajstić information content (AvgIpc) is 3.71. The highest BCUT2D eigenvalue weighted by Gasteiger charge is 2.59. The van der Waals surface area contributed by atoms with Crippen LogP contribution in [0.1, 0.15) is 53.6 Å². The van der Waals surface area contributed by atoms with Gasteiger partial charge in [-0.05, 0) is 29.3 Å². The molecule has 4 heterocycles. The summed E-state index contributed by atoms with van der Waals surface area (Å²) >= 11 is 0. The van der Waals surface area contributed by atoms with E-state index in [0.29, 0.717) is 0 Å². The Balaban J connectivity index is 1.37. The van der Waals surface area contributed by atoms with Gasteiger partial charge in [0.15, 0.2) is 23.2 Å². The highest BCUT2D eigenvalue weighted by atomic mass is 28.4. The molecule has 0 N–H and O–H groups in total. The van der Waals surface area contributed by atoms with Crippen LogP contribution in [0.2, 0.25) is 5.04 Å². The van der Waals surface area contributed by atoms with Gasteiger partial charge in [-0.15, -0.1) is 0 Å². The minimum atomic E-state index is -4.99. The monoisotopic (exact) mass is 730 g/mol. The molecule has 6 rings (SSSR count). The zero-order chi connectivity index (χ0) is 36.8. The molecule has 0 amide bonds. The van der Waals surface area contributed by atoms with Gasteiger partial charge < -0.3 is 28.1 Å². The number of esters is 1. The maximum atomic E-state index is 14.7. The molecule has 0 saturated carbocycles. The fraction of sp³-hybridized carbons (Fsp3) is 0.486. The molecule has 0 bridgehead atoms. The Bertz CT molecular complexity index is 1870. The van der Waals surface area contributed by atoms with Gasteiger partial charge in [-0.3, -0.25) is 18.7 Å². The first kappa shape index (κ1) is 36.8. The number of alkyl halides is 3. The minimum absolute atomic E-state index is 0.0245. The first-order valence-corrected chi connectivity index (χ1v) is 18.5. The third-order valence-electron chi connectivity index (χ3n) is 8.95. The number of benzene rings is 2. The fourth-order valence-electron chi connectivity index (χ4n) is 6.91. The van der Waals surface area contributed by atoms with Gasteiger partial charge in [-0.1, -0.05) is 81.4 Å². The molecule has 2 aliphatic rings. The molecular weight excluding hydrogens is 689 g/mol. The van der Waals surface area contributed by atoms with E-state index in [0.717, 1.165) is 25.8 Å². The summed E-state index contributed by atoms with van der Waals surface area (Å²) in [7, 11) is -3.07. The van der Waals surface area contributed by atoms with Crippen molar-refractivity contribution in [1.82, 2.24) is 19.1 Å². The van der Waals surface area contributed by atoms with Crippen molar-refractivity contribution in [2.24, 2.45) is 0 Å². The number of fused-ring (bicyclic) bond motifs is 2. The van der Waals surface area contributed by atoms with Crippen molar-refractivity contribution in [3.8, 4) is 0 Å². The molecule has 2 aromatic carbocycles. The Kier molecular flexibility index (Phi) is 10.0. The molecule has 2 aliphatic heterocycles. The van der Waals surface area contributed by atoms with E-state index in [1.807, 2.05) is 60.7 Å². The number of carbonyl (C=O) groups is 1. The summed E-state index contributed by atoms with van der Waals surface area (Å²) in [4.78, 5) is 32.3. The van der Waals surface area contributed by atoms with Gasteiger partial charge in [0, 0.05) is 6.92 Å². The first-order valence-electron chi connectivity index (χ1n) is 16.6. The number of rotatable bonds is 11. The number of nitrogens with zero attached hydrogens (tertiary/aromatic N) is 4. The molecule has 51 heavy (non-hydrogen) atoms. The van der Waals surface area contributed by atoms with E-state index in [1.54, 1.807) is 13.8 Å². The molecule has 0 aliphatic carbocycles. The third-order valence-corrected chi connectivity index (χ3v) is 14.0. The van der Waals surface area contributed by atoms with Crippen LogP contribution in [0.25, 0.3) is 11.2 Å². The quantitative estimate of drug-likeness (QED) is 0.126. The molecule has 274 valence electrons. The lowest BCUT2D eigenvalue weighted by molar-refractivity contribution is -0.203. The van der Waals surface area contributed by atoms with Crippen LogP contribution in [0.5, 0.6) is 0 Å². The van der Waals surface area contributed by atoms with Crippen molar-refractivity contribution in [3.63, 3.8) is 0 Å². The summed E-state index contributed by atoms with van der Waals surface area (Å²) in [6.45, 7) is 10.5. The highest BCUT2D eigenvalue weighted by molar-refractivity contribution is 6.99. The summed E-state index contributed by atoms with van der Waals surface area (Å²) in [5.41, 5.74) is -1.73. The van der Waals surface area contributed by atoms with E-state index < -0.39 is 67.7 Å². The number of carbonyl (C=O) groups excluding carboxylic acids is 1. The SMILES string of the molecule is CC(=O)OCCOCn1cnc2c(nc(C(F)(F)F)n2[C@@H]2O[C@H](CO[Si](c3ccccc3)(c3ccccc3)C(C)(C)C)[C@H]3OC(C)(C)O[C@H]32)c1=O. The molecule has 2 aromatic heterocycles. The zero-order valence-corrected chi connectivity index (χ0v) is 30.2. The molecule has 2 fully saturated rings. The van der Waals surface area contributed by atoms with Crippen LogP contribution in [-0.2, 0) is 45.8 Å². The molecule has 2 saturated heterocycles. The van der Waals surface area contributed by atoms with E-state index in [4.69, 9.17) is 28.1 Å². The first-order chi connectivity index (χ1) is 24.0. The van der Waals surface area contributed by atoms with Crippen molar-refractivity contribution in [1.29, 1.82) is 0 Å². The van der Waals surface area contributed by atoms with Gasteiger partial charge in [0.1, 0.15) is 38.0 Å². The van der Waals surface area contributed by atoms with Gasteiger partial charge in [-0.2, -0.15) is 13.2 Å². The Hall–Kier alpha value is -3.93. The number of ether oxygens (including phenoxy) is 5. The highest BCUT2D eigenvalue weighted by Crippen LogP contribution is 2.46. The van der Waals surface area contributed by atoms with Crippen LogP contribution >= 0.6 is 0 Å². The predicted molar refractivity (Wildman–Crippen MR) is 181 cm³/mol. The van der Waals surface area contributed by atoms with Crippen molar-refractivity contribution in [2.75, 3.05) is 19.8 Å². The van der Waals surface area contributed by atoms with Gasteiger partial charge in [-0.25, -0.2) is 9.97 Å². The molecular formula is C35H41F3N4O8Si. The summed E-state index contributed by atoms with van der Waals surface area (Å²) in [5, 5.41) is 1.67. The minimum Gasteiger partial charge on any atom is -0.463 e. The molecule has 0 radical (unpaired) electrons. The Morgan fingerprint density at radius 2 is 1.57 bits per heavy atom. The largest absolute Gasteiger partial charge is 0.463 e. The van der Waals surface area contributed by atoms with E-state index in [9.17, 15) is 22.8 Å². The lowest BCUT2D eigenvalue weighted by Gasteiger charge is -2.43. The Labute approximate surface area is 293 Å². The van der Waals surface area contributed by atoms with Crippen molar-refractivity contribution < 1.29 is 46.1 Å². The smallest absolute Gasteiger partial charge is 0.449 e. The second kappa shape index (κ2) is 13.9. The zero-order valence-electron chi connectivity index (χ0n) is 29.2. The molecule has 12 nitrogen and oxygen atoms in total. The van der Waals surface area contributed by atoms with Crippen LogP contribution in [0.4, 0.5) is 13.2 Å². The molecule has 16 heteroatoms. The predicted octanol–water partition coefficient (Wildman–Crippen LogP) is 4.14. The number of imidazole rings is 1. The van der Waals surface area contributed by atoms with E-state index in [-0.39, 0.29) is 37.2 Å². The standard InChI is InChI=1S/C35H41F3N4O8Si/c1-22(43)46-18-17-45-21-41-20-39-29-26(30(41)44)40-32(35(36,37)38)42(29)31-28-27(49-34(5,6)50-28)25(48-31)19-47-51(33(2,3)4,23-13-9-7-10-14-23)24-15-11-8-12-16-24/h7-16,20,25,27-28,31H,17-19,21H2,1-6H3/t25-,27-,28-,31-/m1/s1. The molecule has 4 atom stereocenters.